The number of nitrogens with one attached hydrogen (secondary N) is 1. The number of carboxylic acid groups (broad SMARTS) is 1. The molecular formula is C22H28N6O7S2. The van der Waals surface area contributed by atoms with Crippen LogP contribution in [0.3, 0.4) is 0 Å². The van der Waals surface area contributed by atoms with Crippen molar-refractivity contribution in [2.75, 3.05) is 39.6 Å². The molecule has 0 spiro atoms. The van der Waals surface area contributed by atoms with Crippen molar-refractivity contribution < 1.29 is 39.0 Å². The molecule has 2 fully saturated rings. The Kier molecular flexibility index (Phi) is 7.62. The van der Waals surface area contributed by atoms with E-state index in [2.05, 4.69) is 20.3 Å². The zero-order valence-corrected chi connectivity index (χ0v) is 21.8. The van der Waals surface area contributed by atoms with E-state index in [1.165, 1.54) is 13.2 Å². The molecule has 0 bridgehead atoms. The molecule has 2 unspecified atom stereocenters. The summed E-state index contributed by atoms with van der Waals surface area (Å²) in [5.74, 6) is -2.66. The molecule has 0 saturated carbocycles. The van der Waals surface area contributed by atoms with Crippen LogP contribution in [0.5, 0.6) is 0 Å². The smallest absolute Gasteiger partial charge is 0.267 e. The number of oxime groups is 1. The van der Waals surface area contributed by atoms with Crippen LogP contribution in [0.25, 0.3) is 0 Å². The third-order valence-corrected chi connectivity index (χ3v) is 9.02. The van der Waals surface area contributed by atoms with Crippen molar-refractivity contribution in [1.29, 1.82) is 0 Å². The third-order valence-electron chi connectivity index (χ3n) is 6.82. The fourth-order valence-corrected chi connectivity index (χ4v) is 7.34. The Balaban J connectivity index is 1.84. The summed E-state index contributed by atoms with van der Waals surface area (Å²) in [4.78, 5) is 46.3. The molecule has 5 N–H and O–H groups in total. The maximum Gasteiger partial charge on any atom is 0.267 e. The normalized spacial score (nSPS) is 31.6. The molecule has 200 valence electrons. The number of thiazole rings is 1. The van der Waals surface area contributed by atoms with Gasteiger partial charge in [0.1, 0.15) is 32.0 Å². The summed E-state index contributed by atoms with van der Waals surface area (Å²) in [6.07, 6.45) is 4.04. The van der Waals surface area contributed by atoms with Crippen LogP contribution in [0.1, 0.15) is 18.5 Å². The van der Waals surface area contributed by atoms with Crippen LogP contribution < -0.4 is 16.2 Å². The standard InChI is InChI=1S/C22H28N6O7S2/c1-28(9-13(30)6-12(28)10-29)5-3-4-14-19(20(33)34)27-17(32)7-18(27)37-22(14,15-11-36-21(23)25-15)26-16(31)8-24-35-2/h3-4,8,11-13,18,29-30H,5-7,9-10H2,1-2H3,(H3-,23,25,26,31,33,34)/b4-3-,24-8?/t12-,13+,18-,22?,28?/m0/s1. The number of aliphatic hydroxyl groups is 2. The topological polar surface area (TPSA) is 190 Å². The minimum absolute atomic E-state index is 0.0624. The molecule has 5 atom stereocenters. The Bertz CT molecular complexity index is 1190. The number of β-lactam (4-membered cyclic amide) rings is 1. The lowest BCUT2D eigenvalue weighted by Gasteiger charge is -2.52. The first kappa shape index (κ1) is 27.1. The van der Waals surface area contributed by atoms with Gasteiger partial charge in [0.25, 0.3) is 5.91 Å². The second kappa shape index (κ2) is 10.4. The van der Waals surface area contributed by atoms with Gasteiger partial charge in [-0.25, -0.2) is 4.98 Å². The number of carbonyl (C=O) groups is 3. The zero-order chi connectivity index (χ0) is 27.0. The number of nitrogen functional groups attached to an aromatic ring is 1. The number of fused-ring (bicyclic) bond motifs is 1. The minimum Gasteiger partial charge on any atom is -0.543 e. The van der Waals surface area contributed by atoms with E-state index in [1.54, 1.807) is 11.5 Å². The first-order valence-corrected chi connectivity index (χ1v) is 13.2. The number of aromatic nitrogens is 1. The van der Waals surface area contributed by atoms with Crippen LogP contribution in [0.4, 0.5) is 5.13 Å². The molecule has 1 aromatic heterocycles. The van der Waals surface area contributed by atoms with Crippen LogP contribution in [-0.2, 0) is 24.1 Å². The number of hydrogen-bond donors (Lipinski definition) is 4. The highest BCUT2D eigenvalue weighted by Crippen LogP contribution is 2.54. The summed E-state index contributed by atoms with van der Waals surface area (Å²) in [5, 5.41) is 39.9. The molecule has 1 aromatic rings. The molecule has 0 aliphatic carbocycles. The largest absolute Gasteiger partial charge is 0.543 e. The van der Waals surface area contributed by atoms with Crippen LogP contribution in [0.2, 0.25) is 0 Å². The summed E-state index contributed by atoms with van der Waals surface area (Å²) in [5.41, 5.74) is 5.87. The van der Waals surface area contributed by atoms with Crippen molar-refractivity contribution in [3.63, 3.8) is 0 Å². The average Bonchev–Trinajstić information content (AvgIpc) is 3.40. The van der Waals surface area contributed by atoms with Crippen LogP contribution in [0.15, 0.2) is 34.0 Å². The maximum absolute atomic E-state index is 12.8. The number of carboxylic acids is 1. The summed E-state index contributed by atoms with van der Waals surface area (Å²) in [7, 11) is 3.16. The predicted octanol–water partition coefficient (Wildman–Crippen LogP) is -1.94. The second-order valence-electron chi connectivity index (χ2n) is 9.22. The summed E-state index contributed by atoms with van der Waals surface area (Å²) in [6, 6.07) is -0.204. The van der Waals surface area contributed by atoms with Crippen molar-refractivity contribution in [3.05, 3.63) is 34.5 Å². The van der Waals surface area contributed by atoms with Gasteiger partial charge in [-0.1, -0.05) is 23.0 Å². The number of quaternary nitrogens is 1. The molecule has 0 aromatic carbocycles. The van der Waals surface area contributed by atoms with E-state index >= 15 is 0 Å². The highest BCUT2D eigenvalue weighted by molar-refractivity contribution is 8.01. The van der Waals surface area contributed by atoms with Gasteiger partial charge >= 0.3 is 0 Å². The Morgan fingerprint density at radius 3 is 2.86 bits per heavy atom. The molecule has 0 radical (unpaired) electrons. The van der Waals surface area contributed by atoms with E-state index in [4.69, 9.17) is 5.73 Å². The summed E-state index contributed by atoms with van der Waals surface area (Å²) < 4.78 is 0.323. The third kappa shape index (κ3) is 4.96. The van der Waals surface area contributed by atoms with Gasteiger partial charge in [0.05, 0.1) is 49.4 Å². The number of anilines is 1. The maximum atomic E-state index is 12.8. The number of rotatable bonds is 9. The van der Waals surface area contributed by atoms with Crippen molar-refractivity contribution in [2.45, 2.75) is 35.2 Å². The molecular weight excluding hydrogens is 524 g/mol. The van der Waals surface area contributed by atoms with Crippen molar-refractivity contribution in [1.82, 2.24) is 15.2 Å². The number of thioether (sulfide) groups is 1. The first-order chi connectivity index (χ1) is 17.5. The lowest BCUT2D eigenvalue weighted by atomic mass is 9.96. The molecule has 37 heavy (non-hydrogen) atoms. The number of carbonyl (C=O) groups excluding carboxylic acids is 3. The van der Waals surface area contributed by atoms with E-state index in [9.17, 15) is 29.7 Å². The van der Waals surface area contributed by atoms with Gasteiger partial charge in [-0.2, -0.15) is 0 Å². The monoisotopic (exact) mass is 552 g/mol. The number of likely N-dealkylation sites (N-methyl/N-ethyl adjacent to an activating group) is 1. The number of nitrogens with zero attached hydrogens (tertiary/aromatic N) is 4. The number of aliphatic carboxylic acids is 1. The molecule has 15 heteroatoms. The molecule has 2 saturated heterocycles. The van der Waals surface area contributed by atoms with Gasteiger partial charge in [0.15, 0.2) is 10.0 Å². The van der Waals surface area contributed by atoms with Gasteiger partial charge < -0.3 is 40.5 Å². The Labute approximate surface area is 220 Å². The van der Waals surface area contributed by atoms with E-state index in [0.29, 0.717) is 24.0 Å². The predicted molar refractivity (Wildman–Crippen MR) is 133 cm³/mol. The number of nitrogens with two attached hydrogens (primary N) is 1. The van der Waals surface area contributed by atoms with Crippen LogP contribution in [-0.4, -0.2) is 100.0 Å². The highest BCUT2D eigenvalue weighted by Gasteiger charge is 2.55. The Morgan fingerprint density at radius 1 is 1.51 bits per heavy atom. The van der Waals surface area contributed by atoms with E-state index in [-0.39, 0.29) is 47.1 Å². The lowest BCUT2D eigenvalue weighted by Crippen LogP contribution is -2.62. The van der Waals surface area contributed by atoms with Gasteiger partial charge in [-0.3, -0.25) is 14.5 Å². The number of aliphatic hydroxyl groups excluding tert-OH is 2. The fraction of sp³-hybridized carbons (Fsp3) is 0.500. The quantitative estimate of drug-likeness (QED) is 0.116. The Hall–Kier alpha value is -2.98. The van der Waals surface area contributed by atoms with Crippen LogP contribution in [0, 0.1) is 0 Å². The van der Waals surface area contributed by atoms with E-state index < -0.39 is 28.2 Å². The van der Waals surface area contributed by atoms with Gasteiger partial charge in [-0.15, -0.1) is 11.3 Å². The summed E-state index contributed by atoms with van der Waals surface area (Å²) in [6.45, 7) is 0.620. The molecule has 2 amide bonds. The minimum atomic E-state index is -1.59. The van der Waals surface area contributed by atoms with Gasteiger partial charge in [0.2, 0.25) is 5.91 Å². The average molecular weight is 553 g/mol. The number of likely N-dealkylation sites (tertiary alicyclic amines) is 1. The first-order valence-electron chi connectivity index (χ1n) is 11.4. The number of hydrogen-bond acceptors (Lipinski definition) is 12. The summed E-state index contributed by atoms with van der Waals surface area (Å²) >= 11 is 2.27. The van der Waals surface area contributed by atoms with Gasteiger partial charge in [0, 0.05) is 17.4 Å². The van der Waals surface area contributed by atoms with Crippen molar-refractivity contribution in [2.24, 2.45) is 5.16 Å². The Morgan fingerprint density at radius 2 is 2.27 bits per heavy atom. The highest BCUT2D eigenvalue weighted by atomic mass is 32.2. The SMILES string of the molecule is CON=CC(=O)NC1(c2csc(N)n2)S[C@H]2CC(=O)N2C(C(=O)[O-])=C1/C=C\C[N+]1(C)C[C@H](O)C[C@H]1CO. The second-order valence-corrected chi connectivity index (χ2v) is 11.5. The molecule has 3 aliphatic heterocycles. The lowest BCUT2D eigenvalue weighted by molar-refractivity contribution is -0.917. The van der Waals surface area contributed by atoms with Crippen LogP contribution >= 0.6 is 23.1 Å². The number of amides is 2. The van der Waals surface area contributed by atoms with E-state index in [1.807, 2.05) is 7.05 Å². The molecule has 13 nitrogen and oxygen atoms in total. The van der Waals surface area contributed by atoms with Crippen molar-refractivity contribution in [3.8, 4) is 0 Å². The molecule has 4 heterocycles. The molecule has 4 rings (SSSR count). The van der Waals surface area contributed by atoms with Crippen molar-refractivity contribution >= 4 is 52.2 Å². The van der Waals surface area contributed by atoms with Gasteiger partial charge in [-0.05, 0) is 6.08 Å². The fourth-order valence-electron chi connectivity index (χ4n) is 5.01. The molecule has 3 aliphatic rings. The van der Waals surface area contributed by atoms with E-state index in [0.717, 1.165) is 34.2 Å². The zero-order valence-electron chi connectivity index (χ0n) is 20.2.